The number of carbonyl (C=O) groups excluding carboxylic acids is 1. The monoisotopic (exact) mass is 261 g/mol. The molecule has 0 aliphatic heterocycles. The Labute approximate surface area is 106 Å². The fourth-order valence-electron chi connectivity index (χ4n) is 1.18. The number of carbonyl (C=O) groups is 2. The number of carboxylic acid groups (broad SMARTS) is 1. The van der Waals surface area contributed by atoms with Gasteiger partial charge < -0.3 is 32.5 Å². The zero-order valence-corrected chi connectivity index (χ0v) is 10.4. The van der Waals surface area contributed by atoms with Crippen molar-refractivity contribution in [2.45, 2.75) is 12.5 Å². The van der Waals surface area contributed by atoms with Gasteiger partial charge in [0.05, 0.1) is 6.42 Å². The highest BCUT2D eigenvalue weighted by molar-refractivity contribution is 5.84. The van der Waals surface area contributed by atoms with Crippen molar-refractivity contribution in [3.05, 3.63) is 0 Å². The van der Waals surface area contributed by atoms with E-state index in [0.717, 1.165) is 19.6 Å². The minimum atomic E-state index is -1.17. The SMILES string of the molecule is NCCNCCNCCNC(=O)C[C@H](N)C(=O)O. The molecule has 18 heavy (non-hydrogen) atoms. The summed E-state index contributed by atoms with van der Waals surface area (Å²) in [6.07, 6.45) is -0.201. The summed E-state index contributed by atoms with van der Waals surface area (Å²) in [5, 5.41) is 17.3. The number of rotatable bonds is 11. The van der Waals surface area contributed by atoms with Crippen LogP contribution in [0.25, 0.3) is 0 Å². The second-order valence-corrected chi connectivity index (χ2v) is 3.79. The van der Waals surface area contributed by atoms with Gasteiger partial charge in [-0.1, -0.05) is 0 Å². The lowest BCUT2D eigenvalue weighted by Crippen LogP contribution is -2.39. The lowest BCUT2D eigenvalue weighted by Gasteiger charge is -2.09. The molecule has 0 spiro atoms. The van der Waals surface area contributed by atoms with E-state index in [0.29, 0.717) is 19.6 Å². The van der Waals surface area contributed by atoms with Crippen LogP contribution < -0.4 is 27.4 Å². The van der Waals surface area contributed by atoms with E-state index < -0.39 is 12.0 Å². The van der Waals surface area contributed by atoms with Gasteiger partial charge in [-0.3, -0.25) is 9.59 Å². The second-order valence-electron chi connectivity index (χ2n) is 3.79. The molecule has 0 saturated heterocycles. The molecule has 0 bridgehead atoms. The van der Waals surface area contributed by atoms with Gasteiger partial charge in [0.2, 0.25) is 5.91 Å². The zero-order chi connectivity index (χ0) is 13.8. The molecule has 0 rings (SSSR count). The van der Waals surface area contributed by atoms with Gasteiger partial charge in [-0.25, -0.2) is 0 Å². The molecular weight excluding hydrogens is 238 g/mol. The van der Waals surface area contributed by atoms with Gasteiger partial charge in [-0.15, -0.1) is 0 Å². The molecule has 0 saturated carbocycles. The molecule has 0 heterocycles. The Balaban J connectivity index is 3.33. The first kappa shape index (κ1) is 16.8. The fraction of sp³-hybridized carbons (Fsp3) is 0.800. The van der Waals surface area contributed by atoms with E-state index in [1.807, 2.05) is 0 Å². The average Bonchev–Trinajstić information content (AvgIpc) is 2.32. The smallest absolute Gasteiger partial charge is 0.321 e. The molecule has 106 valence electrons. The van der Waals surface area contributed by atoms with Crippen LogP contribution in [0.4, 0.5) is 0 Å². The van der Waals surface area contributed by atoms with Crippen molar-refractivity contribution in [1.29, 1.82) is 0 Å². The van der Waals surface area contributed by atoms with Gasteiger partial charge in [0.1, 0.15) is 6.04 Å². The zero-order valence-electron chi connectivity index (χ0n) is 10.4. The lowest BCUT2D eigenvalue weighted by atomic mass is 10.2. The minimum absolute atomic E-state index is 0.201. The van der Waals surface area contributed by atoms with Gasteiger partial charge in [0.25, 0.3) is 0 Å². The Morgan fingerprint density at radius 1 is 1.06 bits per heavy atom. The Bertz CT molecular complexity index is 250. The van der Waals surface area contributed by atoms with Crippen LogP contribution in [0.15, 0.2) is 0 Å². The number of amides is 1. The Hall–Kier alpha value is -1.22. The van der Waals surface area contributed by atoms with Crippen molar-refractivity contribution >= 4 is 11.9 Å². The third kappa shape index (κ3) is 9.97. The number of aliphatic carboxylic acids is 1. The van der Waals surface area contributed by atoms with Crippen LogP contribution in [-0.4, -0.2) is 62.3 Å². The maximum atomic E-state index is 11.2. The summed E-state index contributed by atoms with van der Waals surface area (Å²) in [6.45, 7) is 4.06. The molecule has 1 atom stereocenters. The summed E-state index contributed by atoms with van der Waals surface area (Å²) >= 11 is 0. The van der Waals surface area contributed by atoms with E-state index in [4.69, 9.17) is 16.6 Å². The molecule has 1 amide bonds. The molecule has 0 aromatic heterocycles. The van der Waals surface area contributed by atoms with Crippen molar-refractivity contribution in [2.75, 3.05) is 39.3 Å². The van der Waals surface area contributed by atoms with Crippen LogP contribution >= 0.6 is 0 Å². The van der Waals surface area contributed by atoms with Crippen molar-refractivity contribution in [3.63, 3.8) is 0 Å². The number of hydrogen-bond acceptors (Lipinski definition) is 6. The van der Waals surface area contributed by atoms with Crippen LogP contribution in [0, 0.1) is 0 Å². The molecule has 0 aliphatic carbocycles. The van der Waals surface area contributed by atoms with Crippen LogP contribution in [-0.2, 0) is 9.59 Å². The highest BCUT2D eigenvalue weighted by Gasteiger charge is 2.15. The normalized spacial score (nSPS) is 12.1. The Kier molecular flexibility index (Phi) is 10.2. The van der Waals surface area contributed by atoms with Gasteiger partial charge in [-0.05, 0) is 0 Å². The summed E-state index contributed by atoms with van der Waals surface area (Å²) in [6, 6.07) is -1.14. The summed E-state index contributed by atoms with van der Waals surface area (Å²) < 4.78 is 0. The van der Waals surface area contributed by atoms with E-state index in [-0.39, 0.29) is 12.3 Å². The quantitative estimate of drug-likeness (QED) is 0.218. The molecule has 0 fully saturated rings. The van der Waals surface area contributed by atoms with Gasteiger partial charge in [0, 0.05) is 39.3 Å². The molecule has 0 aromatic rings. The van der Waals surface area contributed by atoms with Crippen LogP contribution in [0.1, 0.15) is 6.42 Å². The summed E-state index contributed by atoms with van der Waals surface area (Å²) in [4.78, 5) is 21.6. The molecule has 0 aliphatic rings. The van der Waals surface area contributed by atoms with Gasteiger partial charge in [-0.2, -0.15) is 0 Å². The lowest BCUT2D eigenvalue weighted by molar-refractivity contribution is -0.140. The maximum absolute atomic E-state index is 11.2. The number of nitrogens with one attached hydrogen (secondary N) is 3. The number of carboxylic acids is 1. The van der Waals surface area contributed by atoms with Crippen molar-refractivity contribution < 1.29 is 14.7 Å². The van der Waals surface area contributed by atoms with E-state index in [2.05, 4.69) is 16.0 Å². The largest absolute Gasteiger partial charge is 0.480 e. The van der Waals surface area contributed by atoms with Crippen LogP contribution in [0.2, 0.25) is 0 Å². The van der Waals surface area contributed by atoms with Crippen LogP contribution in [0.3, 0.4) is 0 Å². The molecule has 8 nitrogen and oxygen atoms in total. The van der Waals surface area contributed by atoms with Crippen molar-refractivity contribution in [1.82, 2.24) is 16.0 Å². The van der Waals surface area contributed by atoms with E-state index in [1.54, 1.807) is 0 Å². The second kappa shape index (κ2) is 10.9. The molecular formula is C10H23N5O3. The van der Waals surface area contributed by atoms with E-state index in [1.165, 1.54) is 0 Å². The summed E-state index contributed by atoms with van der Waals surface area (Å²) in [5.41, 5.74) is 10.5. The predicted molar refractivity (Wildman–Crippen MR) is 68.0 cm³/mol. The molecule has 8 heteroatoms. The Morgan fingerprint density at radius 2 is 1.61 bits per heavy atom. The fourth-order valence-corrected chi connectivity index (χ4v) is 1.18. The topological polar surface area (TPSA) is 142 Å². The van der Waals surface area contributed by atoms with Crippen molar-refractivity contribution in [2.24, 2.45) is 11.5 Å². The summed E-state index contributed by atoms with van der Waals surface area (Å²) in [7, 11) is 0. The van der Waals surface area contributed by atoms with E-state index >= 15 is 0 Å². The molecule has 8 N–H and O–H groups in total. The number of hydrogen-bond donors (Lipinski definition) is 6. The Morgan fingerprint density at radius 3 is 2.17 bits per heavy atom. The molecule has 0 radical (unpaired) electrons. The first-order valence-electron chi connectivity index (χ1n) is 5.94. The first-order valence-corrected chi connectivity index (χ1v) is 5.94. The highest BCUT2D eigenvalue weighted by atomic mass is 16.4. The summed E-state index contributed by atoms with van der Waals surface area (Å²) in [5.74, 6) is -1.53. The number of nitrogens with two attached hydrogens (primary N) is 2. The molecule has 0 aromatic carbocycles. The third-order valence-corrected chi connectivity index (χ3v) is 2.15. The predicted octanol–water partition coefficient (Wildman–Crippen LogP) is -2.96. The maximum Gasteiger partial charge on any atom is 0.321 e. The first-order chi connectivity index (χ1) is 8.57. The highest BCUT2D eigenvalue weighted by Crippen LogP contribution is 1.87. The minimum Gasteiger partial charge on any atom is -0.480 e. The van der Waals surface area contributed by atoms with Gasteiger partial charge >= 0.3 is 5.97 Å². The van der Waals surface area contributed by atoms with Crippen molar-refractivity contribution in [3.8, 4) is 0 Å². The standard InChI is InChI=1S/C10H23N5O3/c11-1-2-13-3-4-14-5-6-15-9(16)7-8(12)10(17)18/h8,13-14H,1-7,11-12H2,(H,15,16)(H,17,18)/t8-/m0/s1. The molecule has 0 unspecified atom stereocenters. The van der Waals surface area contributed by atoms with Crippen LogP contribution in [0.5, 0.6) is 0 Å². The van der Waals surface area contributed by atoms with E-state index in [9.17, 15) is 9.59 Å². The third-order valence-electron chi connectivity index (χ3n) is 2.15. The van der Waals surface area contributed by atoms with Gasteiger partial charge in [0.15, 0.2) is 0 Å². The average molecular weight is 261 g/mol.